The lowest BCUT2D eigenvalue weighted by Crippen LogP contribution is -2.01. The average molecular weight is 601 g/mol. The van der Waals surface area contributed by atoms with Crippen LogP contribution in [0.2, 0.25) is 0 Å². The van der Waals surface area contributed by atoms with Crippen LogP contribution in [0, 0.1) is 5.92 Å². The standard InChI is InChI=1S/C42H80O/c1-4-7-10-11-12-13-14-15-16-17-18-20-24-29-36-41(34-8-5-2)38-31-26-23-27-32-39-42(35-9-6-3)37-30-25-21-19-22-28-33-40-43/h15-16,38,40,42H,4-14,17-37,39H2,1-3H3/b16-15+,41-38-. The number of carbonyl (C=O) groups is 1. The van der Waals surface area contributed by atoms with Crippen molar-refractivity contribution in [1.29, 1.82) is 0 Å². The molecule has 1 nitrogen and oxygen atoms in total. The van der Waals surface area contributed by atoms with E-state index in [1.165, 1.54) is 199 Å². The van der Waals surface area contributed by atoms with Crippen LogP contribution in [0.15, 0.2) is 23.8 Å². The largest absolute Gasteiger partial charge is 0.303 e. The van der Waals surface area contributed by atoms with Gasteiger partial charge in [0.2, 0.25) is 0 Å². The van der Waals surface area contributed by atoms with Crippen molar-refractivity contribution >= 4 is 6.29 Å². The van der Waals surface area contributed by atoms with Crippen molar-refractivity contribution in [2.45, 2.75) is 233 Å². The van der Waals surface area contributed by atoms with Gasteiger partial charge >= 0.3 is 0 Å². The number of allylic oxidation sites excluding steroid dienone is 4. The van der Waals surface area contributed by atoms with E-state index in [0.717, 1.165) is 25.0 Å². The van der Waals surface area contributed by atoms with Crippen LogP contribution in [0.3, 0.4) is 0 Å². The van der Waals surface area contributed by atoms with Gasteiger partial charge in [-0.1, -0.05) is 179 Å². The quantitative estimate of drug-likeness (QED) is 0.0397. The van der Waals surface area contributed by atoms with Gasteiger partial charge < -0.3 is 4.79 Å². The zero-order chi connectivity index (χ0) is 31.3. The minimum absolute atomic E-state index is 0.757. The molecule has 1 unspecified atom stereocenters. The molecule has 0 aliphatic carbocycles. The first kappa shape index (κ1) is 42.1. The van der Waals surface area contributed by atoms with E-state index in [0.29, 0.717) is 0 Å². The summed E-state index contributed by atoms with van der Waals surface area (Å²) >= 11 is 0. The van der Waals surface area contributed by atoms with Gasteiger partial charge in [0.25, 0.3) is 0 Å². The minimum atomic E-state index is 0.757. The lowest BCUT2D eigenvalue weighted by Gasteiger charge is -2.16. The Labute approximate surface area is 272 Å². The predicted octanol–water partition coefficient (Wildman–Crippen LogP) is 15.2. The monoisotopic (exact) mass is 601 g/mol. The number of aldehydes is 1. The van der Waals surface area contributed by atoms with E-state index in [2.05, 4.69) is 39.0 Å². The zero-order valence-electron chi connectivity index (χ0n) is 30.1. The van der Waals surface area contributed by atoms with Gasteiger partial charge in [-0.05, 0) is 76.5 Å². The lowest BCUT2D eigenvalue weighted by molar-refractivity contribution is -0.107. The van der Waals surface area contributed by atoms with E-state index in [-0.39, 0.29) is 0 Å². The van der Waals surface area contributed by atoms with Gasteiger partial charge in [-0.2, -0.15) is 0 Å². The number of hydrogen-bond acceptors (Lipinski definition) is 1. The molecule has 1 heteroatoms. The second kappa shape index (κ2) is 37.3. The van der Waals surface area contributed by atoms with E-state index in [1.807, 2.05) is 0 Å². The number of carbonyl (C=O) groups excluding carboxylic acids is 1. The molecule has 0 amide bonds. The van der Waals surface area contributed by atoms with Crippen LogP contribution in [0.5, 0.6) is 0 Å². The maximum absolute atomic E-state index is 10.4. The summed E-state index contributed by atoms with van der Waals surface area (Å²) in [4.78, 5) is 10.4. The van der Waals surface area contributed by atoms with E-state index in [9.17, 15) is 4.79 Å². The Hall–Kier alpha value is -0.850. The molecule has 1 atom stereocenters. The topological polar surface area (TPSA) is 17.1 Å². The Kier molecular flexibility index (Phi) is 36.6. The van der Waals surface area contributed by atoms with Gasteiger partial charge in [0.15, 0.2) is 0 Å². The zero-order valence-corrected chi connectivity index (χ0v) is 30.1. The van der Waals surface area contributed by atoms with Gasteiger partial charge in [-0.15, -0.1) is 0 Å². The highest BCUT2D eigenvalue weighted by atomic mass is 16.1. The molecule has 0 aromatic carbocycles. The Balaban J connectivity index is 3.94. The van der Waals surface area contributed by atoms with Gasteiger partial charge in [0, 0.05) is 6.42 Å². The molecule has 0 heterocycles. The Bertz CT molecular complexity index is 588. The van der Waals surface area contributed by atoms with Crippen LogP contribution < -0.4 is 0 Å². The second-order valence-electron chi connectivity index (χ2n) is 13.8. The highest BCUT2D eigenvalue weighted by Gasteiger charge is 2.08. The molecule has 0 rings (SSSR count). The molecule has 0 spiro atoms. The molecule has 0 aliphatic heterocycles. The summed E-state index contributed by atoms with van der Waals surface area (Å²) in [5, 5.41) is 0. The maximum atomic E-state index is 10.4. The number of rotatable bonds is 36. The molecule has 254 valence electrons. The summed E-state index contributed by atoms with van der Waals surface area (Å²) in [6.07, 6.45) is 53.4. The molecule has 0 saturated heterocycles. The number of hydrogen-bond donors (Lipinski definition) is 0. The highest BCUT2D eigenvalue weighted by Crippen LogP contribution is 2.24. The first-order valence-electron chi connectivity index (χ1n) is 20.0. The number of unbranched alkanes of at least 4 members (excludes halogenated alkanes) is 22. The molecule has 0 aromatic heterocycles. The van der Waals surface area contributed by atoms with Gasteiger partial charge in [-0.3, -0.25) is 0 Å². The summed E-state index contributed by atoms with van der Waals surface area (Å²) in [6, 6.07) is 0. The summed E-state index contributed by atoms with van der Waals surface area (Å²) in [7, 11) is 0. The fraction of sp³-hybridized carbons (Fsp3) is 0.881. The van der Waals surface area contributed by atoms with Crippen molar-refractivity contribution in [3.8, 4) is 0 Å². The van der Waals surface area contributed by atoms with Crippen LogP contribution in [-0.4, -0.2) is 6.29 Å². The third kappa shape index (κ3) is 33.9. The molecular formula is C42H80O. The first-order valence-corrected chi connectivity index (χ1v) is 20.0. The molecule has 0 fully saturated rings. The summed E-state index contributed by atoms with van der Waals surface area (Å²) in [6.45, 7) is 6.98. The van der Waals surface area contributed by atoms with Crippen LogP contribution in [0.1, 0.15) is 233 Å². The van der Waals surface area contributed by atoms with Gasteiger partial charge in [0.1, 0.15) is 6.29 Å². The molecule has 0 radical (unpaired) electrons. The van der Waals surface area contributed by atoms with Crippen LogP contribution >= 0.6 is 0 Å². The van der Waals surface area contributed by atoms with Crippen molar-refractivity contribution < 1.29 is 4.79 Å². The summed E-state index contributed by atoms with van der Waals surface area (Å²) < 4.78 is 0. The summed E-state index contributed by atoms with van der Waals surface area (Å²) in [5.74, 6) is 0.969. The highest BCUT2D eigenvalue weighted by molar-refractivity contribution is 5.48. The Morgan fingerprint density at radius 1 is 0.419 bits per heavy atom. The maximum Gasteiger partial charge on any atom is 0.119 e. The summed E-state index contributed by atoms with van der Waals surface area (Å²) in [5.41, 5.74) is 1.77. The van der Waals surface area contributed by atoms with Crippen LogP contribution in [0.25, 0.3) is 0 Å². The SMILES string of the molecule is CCCCCCCC/C=C/CCCCCC/C(=C\CCCCCCC(CCCC)CCCCCCCCC=O)CCCC. The Morgan fingerprint density at radius 3 is 1.40 bits per heavy atom. The molecule has 43 heavy (non-hydrogen) atoms. The van der Waals surface area contributed by atoms with E-state index >= 15 is 0 Å². The van der Waals surface area contributed by atoms with Crippen molar-refractivity contribution in [3.63, 3.8) is 0 Å². The third-order valence-electron chi connectivity index (χ3n) is 9.51. The van der Waals surface area contributed by atoms with Gasteiger partial charge in [0.05, 0.1) is 0 Å². The van der Waals surface area contributed by atoms with Gasteiger partial charge in [-0.25, -0.2) is 0 Å². The fourth-order valence-corrected chi connectivity index (χ4v) is 6.51. The minimum Gasteiger partial charge on any atom is -0.303 e. The van der Waals surface area contributed by atoms with E-state index in [4.69, 9.17) is 0 Å². The van der Waals surface area contributed by atoms with Crippen molar-refractivity contribution in [2.75, 3.05) is 0 Å². The smallest absolute Gasteiger partial charge is 0.119 e. The fourth-order valence-electron chi connectivity index (χ4n) is 6.51. The van der Waals surface area contributed by atoms with Crippen molar-refractivity contribution in [3.05, 3.63) is 23.8 Å². The normalized spacial score (nSPS) is 12.9. The van der Waals surface area contributed by atoms with Crippen LogP contribution in [0.4, 0.5) is 0 Å². The van der Waals surface area contributed by atoms with E-state index < -0.39 is 0 Å². The predicted molar refractivity (Wildman–Crippen MR) is 196 cm³/mol. The Morgan fingerprint density at radius 2 is 0.837 bits per heavy atom. The van der Waals surface area contributed by atoms with Crippen molar-refractivity contribution in [2.24, 2.45) is 5.92 Å². The lowest BCUT2D eigenvalue weighted by atomic mass is 9.90. The molecule has 0 aromatic rings. The average Bonchev–Trinajstić information content (AvgIpc) is 3.02. The second-order valence-corrected chi connectivity index (χ2v) is 13.8. The molecule has 0 bridgehead atoms. The molecule has 0 aliphatic rings. The van der Waals surface area contributed by atoms with Crippen LogP contribution in [-0.2, 0) is 4.79 Å². The molecule has 0 saturated carbocycles. The first-order chi connectivity index (χ1) is 21.3. The van der Waals surface area contributed by atoms with Crippen molar-refractivity contribution in [1.82, 2.24) is 0 Å². The third-order valence-corrected chi connectivity index (χ3v) is 9.51. The molecule has 0 N–H and O–H groups in total. The van der Waals surface area contributed by atoms with E-state index in [1.54, 1.807) is 5.57 Å². The molecular weight excluding hydrogens is 520 g/mol.